The summed E-state index contributed by atoms with van der Waals surface area (Å²) in [6.45, 7) is 1.72. The minimum absolute atomic E-state index is 0.126. The van der Waals surface area contributed by atoms with Crippen LogP contribution >= 0.6 is 0 Å². The van der Waals surface area contributed by atoms with E-state index in [1.807, 2.05) is 48.5 Å². The Balaban J connectivity index is 2.01. The van der Waals surface area contributed by atoms with Gasteiger partial charge in [0.2, 0.25) is 5.91 Å². The molecule has 2 N–H and O–H groups in total. The van der Waals surface area contributed by atoms with Crippen LogP contribution in [0.25, 0.3) is 0 Å². The van der Waals surface area contributed by atoms with E-state index in [-0.39, 0.29) is 18.2 Å². The molecule has 0 atom stereocenters. The summed E-state index contributed by atoms with van der Waals surface area (Å²) >= 11 is 0. The highest BCUT2D eigenvalue weighted by molar-refractivity contribution is 6.12. The average molecular weight is 295 g/mol. The number of hydrogen-bond acceptors (Lipinski definition) is 3. The maximum absolute atomic E-state index is 11.9. The maximum Gasteiger partial charge on any atom is 0.230 e. The number of carbonyl (C=O) groups is 1. The van der Waals surface area contributed by atoms with E-state index in [4.69, 9.17) is 5.21 Å². The molecule has 1 amide bonds. The van der Waals surface area contributed by atoms with E-state index in [1.165, 1.54) is 0 Å². The number of para-hydroxylation sites is 1. The topological polar surface area (TPSA) is 74.0 Å². The van der Waals surface area contributed by atoms with Crippen LogP contribution in [0, 0.1) is 0 Å². The summed E-state index contributed by atoms with van der Waals surface area (Å²) < 4.78 is 0. The number of nitrogens with one attached hydrogen (secondary N) is 1. The molecule has 0 aliphatic carbocycles. The zero-order chi connectivity index (χ0) is 15.8. The summed E-state index contributed by atoms with van der Waals surface area (Å²) in [7, 11) is 0. The lowest BCUT2D eigenvalue weighted by Crippen LogP contribution is -2.16. The molecular weight excluding hydrogens is 278 g/mol. The normalized spacial score (nSPS) is 12.0. The average Bonchev–Trinajstić information content (AvgIpc) is 2.54. The molecule has 112 valence electrons. The Hall–Kier alpha value is -2.95. The predicted molar refractivity (Wildman–Crippen MR) is 87.6 cm³/mol. The fraction of sp³-hybridized carbons (Fsp3) is 0.118. The van der Waals surface area contributed by atoms with Gasteiger partial charge in [0.05, 0.1) is 6.42 Å². The lowest BCUT2D eigenvalue weighted by molar-refractivity contribution is -0.115. The minimum atomic E-state index is -0.169. The number of nitrogens with zero attached hydrogens (tertiary/aromatic N) is 2. The number of anilines is 1. The van der Waals surface area contributed by atoms with Crippen molar-refractivity contribution in [2.45, 2.75) is 13.3 Å². The van der Waals surface area contributed by atoms with E-state index in [9.17, 15) is 4.79 Å². The standard InChI is InChI=1S/C17H17N3O2/c1-13(12-16(21)19-15-10-6-3-7-11-15)18-17(20-22)14-8-4-2-5-9-14/h2-11,22H,12H2,1H3,(H,19,21)/b18-13?,20-17-. The molecular formula is C17H17N3O2. The molecule has 0 spiro atoms. The van der Waals surface area contributed by atoms with Gasteiger partial charge in [-0.1, -0.05) is 53.7 Å². The second kappa shape index (κ2) is 7.73. The summed E-state index contributed by atoms with van der Waals surface area (Å²) in [5.41, 5.74) is 1.98. The summed E-state index contributed by atoms with van der Waals surface area (Å²) in [6, 6.07) is 18.3. The highest BCUT2D eigenvalue weighted by Gasteiger charge is 2.07. The first-order valence-electron chi connectivity index (χ1n) is 6.85. The lowest BCUT2D eigenvalue weighted by atomic mass is 10.2. The second-order valence-corrected chi connectivity index (χ2v) is 4.73. The van der Waals surface area contributed by atoms with Crippen molar-refractivity contribution >= 4 is 23.1 Å². The Labute approximate surface area is 129 Å². The molecule has 0 aromatic heterocycles. The van der Waals surface area contributed by atoms with Crippen LogP contribution < -0.4 is 5.32 Å². The van der Waals surface area contributed by atoms with Gasteiger partial charge in [0.1, 0.15) is 0 Å². The first kappa shape index (κ1) is 15.4. The van der Waals surface area contributed by atoms with Crippen LogP contribution in [0.5, 0.6) is 0 Å². The number of amidine groups is 1. The van der Waals surface area contributed by atoms with Gasteiger partial charge in [-0.2, -0.15) is 0 Å². The third kappa shape index (κ3) is 4.56. The van der Waals surface area contributed by atoms with E-state index >= 15 is 0 Å². The third-order valence-electron chi connectivity index (χ3n) is 2.90. The maximum atomic E-state index is 11.9. The Kier molecular flexibility index (Phi) is 5.43. The lowest BCUT2D eigenvalue weighted by Gasteiger charge is -2.05. The summed E-state index contributed by atoms with van der Waals surface area (Å²) in [5.74, 6) is 0.0170. The van der Waals surface area contributed by atoms with Crippen molar-refractivity contribution in [3.63, 3.8) is 0 Å². The van der Waals surface area contributed by atoms with Crippen LogP contribution in [-0.2, 0) is 4.79 Å². The van der Waals surface area contributed by atoms with E-state index in [2.05, 4.69) is 15.5 Å². The van der Waals surface area contributed by atoms with Gasteiger partial charge in [0.15, 0.2) is 5.84 Å². The van der Waals surface area contributed by atoms with Gasteiger partial charge in [-0.3, -0.25) is 4.79 Å². The molecule has 0 aliphatic rings. The predicted octanol–water partition coefficient (Wildman–Crippen LogP) is 3.31. The molecule has 2 rings (SSSR count). The molecule has 0 unspecified atom stereocenters. The Morgan fingerprint density at radius 1 is 1.05 bits per heavy atom. The molecule has 0 radical (unpaired) electrons. The second-order valence-electron chi connectivity index (χ2n) is 4.73. The third-order valence-corrected chi connectivity index (χ3v) is 2.90. The quantitative estimate of drug-likeness (QED) is 0.393. The summed E-state index contributed by atoms with van der Waals surface area (Å²) in [6.07, 6.45) is 0.126. The molecule has 0 aliphatic heterocycles. The Morgan fingerprint density at radius 3 is 2.23 bits per heavy atom. The van der Waals surface area contributed by atoms with Gasteiger partial charge in [0.25, 0.3) is 0 Å². The van der Waals surface area contributed by atoms with Crippen LogP contribution in [0.4, 0.5) is 5.69 Å². The van der Waals surface area contributed by atoms with E-state index in [0.717, 1.165) is 5.69 Å². The van der Waals surface area contributed by atoms with Crippen molar-refractivity contribution in [1.82, 2.24) is 0 Å². The van der Waals surface area contributed by atoms with Gasteiger partial charge in [-0.05, 0) is 19.1 Å². The van der Waals surface area contributed by atoms with Gasteiger partial charge in [-0.15, -0.1) is 0 Å². The van der Waals surface area contributed by atoms with Crippen molar-refractivity contribution < 1.29 is 10.0 Å². The molecule has 22 heavy (non-hydrogen) atoms. The highest BCUT2D eigenvalue weighted by Crippen LogP contribution is 2.07. The van der Waals surface area contributed by atoms with Gasteiger partial charge in [0, 0.05) is 17.0 Å². The number of hydrogen-bond donors (Lipinski definition) is 2. The van der Waals surface area contributed by atoms with E-state index in [0.29, 0.717) is 11.3 Å². The molecule has 0 saturated carbocycles. The van der Waals surface area contributed by atoms with Crippen molar-refractivity contribution in [3.8, 4) is 0 Å². The molecule has 5 heteroatoms. The van der Waals surface area contributed by atoms with Crippen LogP contribution in [0.2, 0.25) is 0 Å². The van der Waals surface area contributed by atoms with Crippen molar-refractivity contribution in [3.05, 3.63) is 66.2 Å². The molecule has 5 nitrogen and oxygen atoms in total. The Bertz CT molecular complexity index is 680. The zero-order valence-corrected chi connectivity index (χ0v) is 12.2. The fourth-order valence-electron chi connectivity index (χ4n) is 1.91. The van der Waals surface area contributed by atoms with Gasteiger partial charge >= 0.3 is 0 Å². The number of oxime groups is 1. The zero-order valence-electron chi connectivity index (χ0n) is 12.2. The highest BCUT2D eigenvalue weighted by atomic mass is 16.4. The van der Waals surface area contributed by atoms with Crippen LogP contribution in [0.15, 0.2) is 70.8 Å². The molecule has 0 fully saturated rings. The van der Waals surface area contributed by atoms with Crippen molar-refractivity contribution in [1.29, 1.82) is 0 Å². The number of amides is 1. The number of rotatable bonds is 4. The molecule has 0 heterocycles. The van der Waals surface area contributed by atoms with E-state index < -0.39 is 0 Å². The smallest absolute Gasteiger partial charge is 0.230 e. The summed E-state index contributed by atoms with van der Waals surface area (Å²) in [5, 5.41) is 15.0. The monoisotopic (exact) mass is 295 g/mol. The van der Waals surface area contributed by atoms with Crippen LogP contribution in [0.3, 0.4) is 0 Å². The van der Waals surface area contributed by atoms with Crippen LogP contribution in [-0.4, -0.2) is 22.7 Å². The molecule has 2 aromatic rings. The SMILES string of the molecule is CC(CC(=O)Nc1ccccc1)=N/C(=N\O)c1ccccc1. The largest absolute Gasteiger partial charge is 0.409 e. The Morgan fingerprint density at radius 2 is 1.64 bits per heavy atom. The fourth-order valence-corrected chi connectivity index (χ4v) is 1.91. The minimum Gasteiger partial charge on any atom is -0.409 e. The van der Waals surface area contributed by atoms with Crippen molar-refractivity contribution in [2.24, 2.45) is 10.1 Å². The molecule has 0 bridgehead atoms. The summed E-state index contributed by atoms with van der Waals surface area (Å²) in [4.78, 5) is 16.1. The van der Waals surface area contributed by atoms with Crippen molar-refractivity contribution in [2.75, 3.05) is 5.32 Å². The molecule has 0 saturated heterocycles. The van der Waals surface area contributed by atoms with Crippen LogP contribution in [0.1, 0.15) is 18.9 Å². The van der Waals surface area contributed by atoms with Gasteiger partial charge in [-0.25, -0.2) is 4.99 Å². The van der Waals surface area contributed by atoms with Gasteiger partial charge < -0.3 is 10.5 Å². The first-order chi connectivity index (χ1) is 10.7. The number of benzene rings is 2. The first-order valence-corrected chi connectivity index (χ1v) is 6.85. The number of aliphatic imine (C=N–C) groups is 1. The number of carbonyl (C=O) groups excluding carboxylic acids is 1. The van der Waals surface area contributed by atoms with E-state index in [1.54, 1.807) is 19.1 Å². The molecule has 2 aromatic carbocycles.